The number of amides is 4. The third kappa shape index (κ3) is 13.9. The average molecular weight is 1100 g/mol. The number of hydrogen-bond donors (Lipinski definition) is 0. The molecule has 0 radical (unpaired) electrons. The van der Waals surface area contributed by atoms with Crippen LogP contribution in [0.25, 0.3) is 43.1 Å². The molecule has 7 aromatic rings. The fraction of sp³-hybridized carbons (Fsp3) is 0.507. The summed E-state index contributed by atoms with van der Waals surface area (Å²) in [5.41, 5.74) is 2.54. The first-order chi connectivity index (χ1) is 39.9. The quantitative estimate of drug-likeness (QED) is 0.0163. The first-order valence-electron chi connectivity index (χ1n) is 31.8. The molecule has 4 amide bonds. The molecular formula is C71H89N3O7. The molecule has 81 heavy (non-hydrogen) atoms. The molecule has 1 aromatic heterocycles. The van der Waals surface area contributed by atoms with Crippen LogP contribution in [0.5, 0.6) is 17.2 Å². The van der Waals surface area contributed by atoms with Crippen molar-refractivity contribution in [1.82, 2.24) is 4.98 Å². The van der Waals surface area contributed by atoms with E-state index in [1.54, 1.807) is 36.7 Å². The van der Waals surface area contributed by atoms with Crippen LogP contribution in [0.4, 0.5) is 11.4 Å². The average Bonchev–Trinajstić information content (AvgIpc) is 3.64. The zero-order chi connectivity index (χ0) is 56.3. The summed E-state index contributed by atoms with van der Waals surface area (Å²) in [6.45, 7) is 8.25. The van der Waals surface area contributed by atoms with Crippen molar-refractivity contribution in [2.24, 2.45) is 0 Å². The second-order valence-electron chi connectivity index (χ2n) is 23.1. The minimum absolute atomic E-state index is 0.381. The Morgan fingerprint density at radius 3 is 0.926 bits per heavy atom. The molecule has 0 bridgehead atoms. The SMILES string of the molecule is CCCCCCCCCCCCOc1cc(N2C(=O)c3ccc4c5ccc6c7c(ccc(c8ccc(c3c48)C2=O)c75)C(=O)N(c2ccncc2)C6=O)cc(OCCCCCCCCCCCC)c1OCCCCCCCCCCCC. The normalized spacial score (nSPS) is 13.3. The highest BCUT2D eigenvalue weighted by Crippen LogP contribution is 2.49. The highest BCUT2D eigenvalue weighted by Gasteiger charge is 2.39. The summed E-state index contributed by atoms with van der Waals surface area (Å²) in [6, 6.07) is 22.0. The molecule has 0 N–H and O–H groups in total. The van der Waals surface area contributed by atoms with Gasteiger partial charge in [0.15, 0.2) is 11.5 Å². The Hall–Kier alpha value is -6.55. The van der Waals surface area contributed by atoms with Gasteiger partial charge in [-0.25, -0.2) is 9.80 Å². The number of carbonyl (C=O) groups is 4. The van der Waals surface area contributed by atoms with Gasteiger partial charge in [-0.2, -0.15) is 0 Å². The minimum atomic E-state index is -0.431. The first kappa shape index (κ1) is 59.1. The van der Waals surface area contributed by atoms with Crippen LogP contribution in [-0.2, 0) is 0 Å². The van der Waals surface area contributed by atoms with Crippen molar-refractivity contribution in [2.45, 2.75) is 213 Å². The van der Waals surface area contributed by atoms with E-state index in [4.69, 9.17) is 14.2 Å². The van der Waals surface area contributed by atoms with Gasteiger partial charge in [0.2, 0.25) is 5.75 Å². The molecule has 3 heterocycles. The van der Waals surface area contributed by atoms with Crippen LogP contribution in [-0.4, -0.2) is 48.4 Å². The monoisotopic (exact) mass is 1100 g/mol. The number of nitrogens with zero attached hydrogens (tertiary/aromatic N) is 3. The largest absolute Gasteiger partial charge is 0.489 e. The van der Waals surface area contributed by atoms with Crippen molar-refractivity contribution >= 4 is 78.1 Å². The number of pyridine rings is 1. The number of benzene rings is 6. The maximum Gasteiger partial charge on any atom is 0.265 e. The second kappa shape index (κ2) is 30.0. The minimum Gasteiger partial charge on any atom is -0.489 e. The van der Waals surface area contributed by atoms with Gasteiger partial charge in [0.1, 0.15) is 0 Å². The number of unbranched alkanes of at least 4 members (excludes halogenated alkanes) is 27. The molecule has 10 heteroatoms. The smallest absolute Gasteiger partial charge is 0.265 e. The first-order valence-corrected chi connectivity index (χ1v) is 31.8. The third-order valence-corrected chi connectivity index (χ3v) is 17.1. The molecular weight excluding hydrogens is 1010 g/mol. The highest BCUT2D eigenvalue weighted by atomic mass is 16.5. The summed E-state index contributed by atoms with van der Waals surface area (Å²) in [5.74, 6) is -0.145. The predicted molar refractivity (Wildman–Crippen MR) is 333 cm³/mol. The number of hydrogen-bond acceptors (Lipinski definition) is 8. The fourth-order valence-corrected chi connectivity index (χ4v) is 12.6. The van der Waals surface area contributed by atoms with E-state index in [-0.39, 0.29) is 0 Å². The summed E-state index contributed by atoms with van der Waals surface area (Å²) < 4.78 is 20.2. The number of anilines is 2. The Kier molecular flexibility index (Phi) is 21.8. The van der Waals surface area contributed by atoms with Gasteiger partial charge in [-0.3, -0.25) is 24.2 Å². The molecule has 0 fully saturated rings. The van der Waals surface area contributed by atoms with Gasteiger partial charge in [-0.15, -0.1) is 0 Å². The van der Waals surface area contributed by atoms with Gasteiger partial charge in [-0.1, -0.05) is 218 Å². The van der Waals surface area contributed by atoms with E-state index < -0.39 is 23.6 Å². The van der Waals surface area contributed by atoms with Crippen molar-refractivity contribution in [1.29, 1.82) is 0 Å². The maximum atomic E-state index is 15.3. The lowest BCUT2D eigenvalue weighted by molar-refractivity contribution is 0.0877. The highest BCUT2D eigenvalue weighted by molar-refractivity contribution is 6.45. The molecule has 0 atom stereocenters. The van der Waals surface area contributed by atoms with Gasteiger partial charge in [-0.05, 0) is 88.0 Å². The molecule has 2 aliphatic heterocycles. The third-order valence-electron chi connectivity index (χ3n) is 17.1. The van der Waals surface area contributed by atoms with Crippen molar-refractivity contribution in [3.8, 4) is 17.2 Å². The van der Waals surface area contributed by atoms with E-state index in [1.807, 2.05) is 48.5 Å². The Morgan fingerprint density at radius 2 is 0.605 bits per heavy atom. The van der Waals surface area contributed by atoms with E-state index in [9.17, 15) is 9.59 Å². The lowest BCUT2D eigenvalue weighted by Crippen LogP contribution is -2.40. The molecule has 6 aromatic carbocycles. The topological polar surface area (TPSA) is 115 Å². The standard InChI is InChI=1S/C71H89N3O7/c1-4-7-10-13-16-19-22-25-28-31-46-79-61-49-52(50-62(80-47-32-29-26-23-20-17-14-11-8-5-2)67(61)81-48-33-30-27-24-21-18-15-12-9-6-3)74-70(77)59-40-36-55-53-34-38-57-65-58(69(76)73(68(57)75)51-42-44-72-45-43-51)39-35-54(63(53)65)56-37-41-60(71(74)78)66(59)64(55)56/h34-45,49-50H,4-33,46-48H2,1-3H3. The molecule has 0 unspecified atom stereocenters. The zero-order valence-electron chi connectivity index (χ0n) is 49.1. The van der Waals surface area contributed by atoms with Crippen LogP contribution in [0.3, 0.4) is 0 Å². The van der Waals surface area contributed by atoms with Crippen LogP contribution >= 0.6 is 0 Å². The van der Waals surface area contributed by atoms with E-state index >= 15 is 9.59 Å². The number of imide groups is 2. The summed E-state index contributed by atoms with van der Waals surface area (Å²) in [6.07, 6.45) is 39.6. The lowest BCUT2D eigenvalue weighted by atomic mass is 9.82. The van der Waals surface area contributed by atoms with Crippen molar-refractivity contribution < 1.29 is 33.4 Å². The molecule has 0 saturated carbocycles. The number of carbonyl (C=O) groups excluding carboxylic acids is 4. The molecule has 2 aliphatic rings. The van der Waals surface area contributed by atoms with Crippen LogP contribution < -0.4 is 24.0 Å². The Morgan fingerprint density at radius 1 is 0.321 bits per heavy atom. The molecule has 0 saturated heterocycles. The Labute approximate surface area is 482 Å². The summed E-state index contributed by atoms with van der Waals surface area (Å²) in [4.78, 5) is 65.5. The van der Waals surface area contributed by atoms with Crippen LogP contribution in [0, 0.1) is 0 Å². The Bertz CT molecular complexity index is 3050. The predicted octanol–water partition coefficient (Wildman–Crippen LogP) is 19.6. The van der Waals surface area contributed by atoms with Gasteiger partial charge < -0.3 is 14.2 Å². The van der Waals surface area contributed by atoms with Crippen molar-refractivity contribution in [2.75, 3.05) is 29.6 Å². The number of fused-ring (bicyclic) bond motifs is 2. The maximum absolute atomic E-state index is 15.3. The van der Waals surface area contributed by atoms with Crippen molar-refractivity contribution in [3.05, 3.63) is 107 Å². The number of rotatable bonds is 38. The summed E-state index contributed by atoms with van der Waals surface area (Å²) in [5, 5.41) is 6.15. The van der Waals surface area contributed by atoms with Crippen LogP contribution in [0.2, 0.25) is 0 Å². The van der Waals surface area contributed by atoms with E-state index in [2.05, 4.69) is 25.8 Å². The van der Waals surface area contributed by atoms with E-state index in [0.29, 0.717) is 81.5 Å². The van der Waals surface area contributed by atoms with Gasteiger partial charge >= 0.3 is 0 Å². The Balaban J connectivity index is 0.996. The molecule has 10 nitrogen and oxygen atoms in total. The van der Waals surface area contributed by atoms with Gasteiger partial charge in [0, 0.05) is 57.6 Å². The van der Waals surface area contributed by atoms with Crippen LogP contribution in [0.15, 0.2) is 85.2 Å². The zero-order valence-corrected chi connectivity index (χ0v) is 49.1. The van der Waals surface area contributed by atoms with Crippen LogP contribution in [0.1, 0.15) is 255 Å². The van der Waals surface area contributed by atoms with Crippen molar-refractivity contribution in [3.63, 3.8) is 0 Å². The number of aromatic nitrogens is 1. The molecule has 9 rings (SSSR count). The fourth-order valence-electron chi connectivity index (χ4n) is 12.6. The van der Waals surface area contributed by atoms with E-state index in [1.165, 1.54) is 151 Å². The number of ether oxygens (including phenoxy) is 3. The summed E-state index contributed by atoms with van der Waals surface area (Å²) >= 11 is 0. The van der Waals surface area contributed by atoms with E-state index in [0.717, 1.165) is 83.7 Å². The van der Waals surface area contributed by atoms with Gasteiger partial charge in [0.25, 0.3) is 23.6 Å². The molecule has 0 aliphatic carbocycles. The second-order valence-corrected chi connectivity index (χ2v) is 23.1. The van der Waals surface area contributed by atoms with Gasteiger partial charge in [0.05, 0.1) is 31.2 Å². The summed E-state index contributed by atoms with van der Waals surface area (Å²) in [7, 11) is 0. The lowest BCUT2D eigenvalue weighted by Gasteiger charge is -2.30. The molecule has 430 valence electrons. The molecule has 0 spiro atoms.